The monoisotopic (exact) mass is 420 g/mol. The van der Waals surface area contributed by atoms with Crippen molar-refractivity contribution >= 4 is 26.8 Å². The van der Waals surface area contributed by atoms with E-state index >= 15 is 0 Å². The van der Waals surface area contributed by atoms with E-state index in [1.807, 2.05) is 0 Å². The highest BCUT2D eigenvalue weighted by Gasteiger charge is 2.63. The normalized spacial score (nSPS) is 27.4. The lowest BCUT2D eigenvalue weighted by atomic mass is 10.0. The number of hydrogen-bond donors (Lipinski definition) is 1. The van der Waals surface area contributed by atoms with Gasteiger partial charge in [0, 0.05) is 33.0 Å². The van der Waals surface area contributed by atoms with Gasteiger partial charge in [-0.25, -0.2) is 13.2 Å². The number of benzene rings is 1. The number of hydrogen-bond acceptors (Lipinski definition) is 6. The second-order valence-electron chi connectivity index (χ2n) is 7.68. The molecule has 1 aromatic heterocycles. The van der Waals surface area contributed by atoms with Crippen molar-refractivity contribution in [1.82, 2.24) is 18.8 Å². The molecule has 1 spiro atoms. The number of ether oxygens (including phenoxy) is 1. The summed E-state index contributed by atoms with van der Waals surface area (Å²) in [4.78, 5) is 40.8. The average Bonchev–Trinajstić information content (AvgIpc) is 3.18. The molecular weight excluding hydrogens is 400 g/mol. The number of fused-ring (bicyclic) bond motifs is 1. The van der Waals surface area contributed by atoms with Crippen molar-refractivity contribution in [3.63, 3.8) is 0 Å². The van der Waals surface area contributed by atoms with E-state index in [1.165, 1.54) is 29.6 Å². The first-order chi connectivity index (χ1) is 13.8. The number of nitrogens with one attached hydrogen (secondary N) is 1. The van der Waals surface area contributed by atoms with E-state index in [-0.39, 0.29) is 34.7 Å². The second kappa shape index (κ2) is 6.00. The molecule has 5 rings (SSSR count). The number of carbonyl (C=O) groups excluding carboxylic acids is 1. The third kappa shape index (κ3) is 2.41. The van der Waals surface area contributed by atoms with E-state index < -0.39 is 33.0 Å². The Hall–Kier alpha value is -2.50. The van der Waals surface area contributed by atoms with Crippen LogP contribution in [0.2, 0.25) is 0 Å². The summed E-state index contributed by atoms with van der Waals surface area (Å²) < 4.78 is 35.0. The largest absolute Gasteiger partial charge is 0.354 e. The van der Waals surface area contributed by atoms with Crippen molar-refractivity contribution in [2.75, 3.05) is 19.7 Å². The van der Waals surface area contributed by atoms with Crippen LogP contribution >= 0.6 is 0 Å². The van der Waals surface area contributed by atoms with Crippen LogP contribution in [-0.4, -0.2) is 64.5 Å². The Labute approximate surface area is 165 Å². The van der Waals surface area contributed by atoms with Crippen LogP contribution in [-0.2, 0) is 26.6 Å². The predicted molar refractivity (Wildman–Crippen MR) is 102 cm³/mol. The number of H-pyrrole nitrogens is 1. The fourth-order valence-electron chi connectivity index (χ4n) is 4.78. The van der Waals surface area contributed by atoms with Crippen LogP contribution in [0.4, 0.5) is 0 Å². The van der Waals surface area contributed by atoms with Crippen molar-refractivity contribution < 1.29 is 17.9 Å². The minimum absolute atomic E-state index is 0.0482. The average molecular weight is 420 g/mol. The Morgan fingerprint density at radius 3 is 2.79 bits per heavy atom. The van der Waals surface area contributed by atoms with Crippen molar-refractivity contribution in [2.45, 2.75) is 35.9 Å². The second-order valence-corrected chi connectivity index (χ2v) is 9.57. The van der Waals surface area contributed by atoms with Gasteiger partial charge in [-0.3, -0.25) is 14.2 Å². The number of carbonyl (C=O) groups is 1. The highest BCUT2D eigenvalue weighted by molar-refractivity contribution is 7.89. The van der Waals surface area contributed by atoms with Gasteiger partial charge in [-0.05, 0) is 24.6 Å². The first-order valence-corrected chi connectivity index (χ1v) is 10.9. The molecule has 3 aliphatic heterocycles. The Bertz CT molecular complexity index is 1270. The van der Waals surface area contributed by atoms with Crippen LogP contribution in [0, 0.1) is 0 Å². The molecule has 154 valence electrons. The van der Waals surface area contributed by atoms with E-state index in [0.29, 0.717) is 19.6 Å². The summed E-state index contributed by atoms with van der Waals surface area (Å²) in [7, 11) is -2.64. The van der Waals surface area contributed by atoms with E-state index in [1.54, 1.807) is 4.90 Å². The third-order valence-corrected chi connectivity index (χ3v) is 8.15. The van der Waals surface area contributed by atoms with Gasteiger partial charge in [0.1, 0.15) is 0 Å². The fraction of sp³-hybridized carbons (Fsp3) is 0.500. The summed E-state index contributed by atoms with van der Waals surface area (Å²) in [6, 6.07) is 3.48. The quantitative estimate of drug-likeness (QED) is 0.688. The van der Waals surface area contributed by atoms with Crippen molar-refractivity contribution in [3.05, 3.63) is 39.0 Å². The van der Waals surface area contributed by atoms with E-state index in [0.717, 1.165) is 11.0 Å². The molecule has 2 aromatic rings. The molecule has 3 aliphatic rings. The molecular formula is C18H20N4O6S. The first kappa shape index (κ1) is 18.5. The zero-order valence-electron chi connectivity index (χ0n) is 15.8. The highest BCUT2D eigenvalue weighted by Crippen LogP contribution is 2.46. The van der Waals surface area contributed by atoms with Crippen molar-refractivity contribution in [3.8, 4) is 0 Å². The Morgan fingerprint density at radius 2 is 2.00 bits per heavy atom. The molecule has 4 heterocycles. The maximum atomic E-state index is 13.4. The number of amides is 1. The summed E-state index contributed by atoms with van der Waals surface area (Å²) in [6.07, 6.45) is 1.24. The summed E-state index contributed by atoms with van der Waals surface area (Å²) in [5.41, 5.74) is -1.76. The summed E-state index contributed by atoms with van der Waals surface area (Å²) in [5, 5.41) is 0.111. The molecule has 1 amide bonds. The Balaban J connectivity index is 1.59. The molecule has 10 nitrogen and oxygen atoms in total. The van der Waals surface area contributed by atoms with Crippen LogP contribution < -0.4 is 11.2 Å². The van der Waals surface area contributed by atoms with Crippen LogP contribution in [0.25, 0.3) is 10.9 Å². The maximum Gasteiger partial charge on any atom is 0.328 e. The topological polar surface area (TPSA) is 122 Å². The number of sulfonamides is 1. The van der Waals surface area contributed by atoms with Gasteiger partial charge in [-0.1, -0.05) is 0 Å². The molecule has 1 aromatic carbocycles. The number of aromatic nitrogens is 2. The lowest BCUT2D eigenvalue weighted by molar-refractivity contribution is -0.178. The van der Waals surface area contributed by atoms with E-state index in [2.05, 4.69) is 4.98 Å². The van der Waals surface area contributed by atoms with Crippen molar-refractivity contribution in [1.29, 1.82) is 0 Å². The lowest BCUT2D eigenvalue weighted by Gasteiger charge is -2.42. The highest BCUT2D eigenvalue weighted by atomic mass is 32.2. The predicted octanol–water partition coefficient (Wildman–Crippen LogP) is -0.661. The minimum atomic E-state index is -3.97. The van der Waals surface area contributed by atoms with E-state index in [4.69, 9.17) is 4.74 Å². The molecule has 0 unspecified atom stereocenters. The van der Waals surface area contributed by atoms with Gasteiger partial charge in [0.25, 0.3) is 5.56 Å². The minimum Gasteiger partial charge on any atom is -0.354 e. The number of rotatable bonds is 2. The molecule has 2 atom stereocenters. The molecule has 29 heavy (non-hydrogen) atoms. The van der Waals surface area contributed by atoms with Gasteiger partial charge < -0.3 is 14.6 Å². The molecule has 11 heteroatoms. The summed E-state index contributed by atoms with van der Waals surface area (Å²) in [5.74, 6) is -0.0976. The molecule has 0 aliphatic carbocycles. The van der Waals surface area contributed by atoms with Crippen LogP contribution in [0.1, 0.15) is 19.3 Å². The van der Waals surface area contributed by atoms with Gasteiger partial charge in [0.2, 0.25) is 15.9 Å². The fourth-order valence-corrected chi connectivity index (χ4v) is 6.46. The van der Waals surface area contributed by atoms with E-state index in [9.17, 15) is 22.8 Å². The molecule has 0 bridgehead atoms. The maximum absolute atomic E-state index is 13.4. The SMILES string of the molecule is Cn1c(=O)[nH]c2ccc(S(=O)(=O)N3CC[C@@]45OCCCN4C(=O)C[C@@H]35)cc2c1=O. The summed E-state index contributed by atoms with van der Waals surface area (Å²) >= 11 is 0. The zero-order chi connectivity index (χ0) is 20.6. The Kier molecular flexibility index (Phi) is 3.83. The van der Waals surface area contributed by atoms with Crippen LogP contribution in [0.3, 0.4) is 0 Å². The van der Waals surface area contributed by atoms with Gasteiger partial charge in [-0.2, -0.15) is 4.31 Å². The first-order valence-electron chi connectivity index (χ1n) is 9.45. The zero-order valence-corrected chi connectivity index (χ0v) is 16.6. The third-order valence-electron chi connectivity index (χ3n) is 6.24. The molecule has 3 fully saturated rings. The summed E-state index contributed by atoms with van der Waals surface area (Å²) in [6.45, 7) is 1.30. The molecule has 1 N–H and O–H groups in total. The molecule has 3 saturated heterocycles. The standard InChI is InChI=1S/C18H20N4O6S/c1-20-16(24)12-9-11(3-4-13(12)19-17(20)25)29(26,27)22-7-5-18-14(22)10-15(23)21(18)6-2-8-28-18/h3-4,9,14H,2,5-8,10H2,1H3,(H,19,25)/t14-,18+/m1/s1. The van der Waals surface area contributed by atoms with Crippen molar-refractivity contribution in [2.24, 2.45) is 7.05 Å². The number of aromatic amines is 1. The molecule has 0 saturated carbocycles. The van der Waals surface area contributed by atoms with Crippen LogP contribution in [0.5, 0.6) is 0 Å². The van der Waals surface area contributed by atoms with Gasteiger partial charge in [0.15, 0.2) is 5.72 Å². The smallest absolute Gasteiger partial charge is 0.328 e. The van der Waals surface area contributed by atoms with Gasteiger partial charge in [0.05, 0.1) is 28.4 Å². The molecule has 0 radical (unpaired) electrons. The lowest BCUT2D eigenvalue weighted by Crippen LogP contribution is -2.56. The Morgan fingerprint density at radius 1 is 1.21 bits per heavy atom. The number of nitrogens with zero attached hydrogens (tertiary/aromatic N) is 3. The van der Waals surface area contributed by atoms with Crippen LogP contribution in [0.15, 0.2) is 32.7 Å². The van der Waals surface area contributed by atoms with Gasteiger partial charge >= 0.3 is 5.69 Å². The van der Waals surface area contributed by atoms with Gasteiger partial charge in [-0.15, -0.1) is 0 Å².